The van der Waals surface area contributed by atoms with Gasteiger partial charge in [-0.1, -0.05) is 32.0 Å². The summed E-state index contributed by atoms with van der Waals surface area (Å²) in [6, 6.07) is 8.28. The predicted molar refractivity (Wildman–Crippen MR) is 82.0 cm³/mol. The van der Waals surface area contributed by atoms with E-state index in [9.17, 15) is 17.8 Å². The molecule has 5 nitrogen and oxygen atoms in total. The molecule has 1 amide bonds. The maximum atomic E-state index is 11.9. The third kappa shape index (κ3) is 3.22. The average Bonchev–Trinajstić information content (AvgIpc) is 2.36. The molecule has 0 saturated carbocycles. The summed E-state index contributed by atoms with van der Waals surface area (Å²) in [7, 11) is -4.38. The van der Waals surface area contributed by atoms with Crippen molar-refractivity contribution in [1.82, 2.24) is 0 Å². The van der Waals surface area contributed by atoms with E-state index in [1.165, 1.54) is 6.07 Å². The zero-order chi connectivity index (χ0) is 15.8. The number of anilines is 1. The number of carbonyl (C=O) groups is 1. The minimum Gasteiger partial charge on any atom is -0.325 e. The van der Waals surface area contributed by atoms with Gasteiger partial charge in [0.25, 0.3) is 10.1 Å². The maximum absolute atomic E-state index is 11.9. The molecule has 2 aromatic carbocycles. The number of carbonyl (C=O) groups excluding carboxylic acids is 1. The summed E-state index contributed by atoms with van der Waals surface area (Å²) in [6.07, 6.45) is 0. The van der Waals surface area contributed by atoms with Crippen molar-refractivity contribution in [1.29, 1.82) is 0 Å². The molecule has 0 spiro atoms. The lowest BCUT2D eigenvalue weighted by Crippen LogP contribution is -2.18. The lowest BCUT2D eigenvalue weighted by molar-refractivity contribution is -0.118. The number of nitrogens with one attached hydrogen (secondary N) is 1. The summed E-state index contributed by atoms with van der Waals surface area (Å²) >= 11 is 0. The van der Waals surface area contributed by atoms with Crippen LogP contribution in [0.3, 0.4) is 0 Å². The molecule has 2 aromatic rings. The summed E-state index contributed by atoms with van der Waals surface area (Å²) < 4.78 is 32.7. The minimum atomic E-state index is -4.38. The predicted octanol–water partition coefficient (Wildman–Crippen LogP) is 2.99. The quantitative estimate of drug-likeness (QED) is 0.854. The highest BCUT2D eigenvalue weighted by atomic mass is 32.2. The first-order valence-electron chi connectivity index (χ1n) is 6.52. The van der Waals surface area contributed by atoms with E-state index in [0.29, 0.717) is 22.0 Å². The van der Waals surface area contributed by atoms with Crippen molar-refractivity contribution in [2.24, 2.45) is 5.92 Å². The van der Waals surface area contributed by atoms with Gasteiger partial charge in [0.2, 0.25) is 5.91 Å². The molecule has 0 radical (unpaired) electrons. The number of amides is 1. The third-order valence-electron chi connectivity index (χ3n) is 3.15. The summed E-state index contributed by atoms with van der Waals surface area (Å²) in [5, 5.41) is 3.66. The largest absolute Gasteiger partial charge is 0.325 e. The van der Waals surface area contributed by atoms with Crippen LogP contribution in [0.15, 0.2) is 35.2 Å². The number of hydrogen-bond acceptors (Lipinski definition) is 3. The summed E-state index contributed by atoms with van der Waals surface area (Å²) in [5.74, 6) is -0.454. The number of aryl methyl sites for hydroxylation is 1. The molecule has 0 aromatic heterocycles. The second-order valence-electron chi connectivity index (χ2n) is 5.29. The molecule has 0 unspecified atom stereocenters. The first-order valence-corrected chi connectivity index (χ1v) is 7.96. The van der Waals surface area contributed by atoms with Gasteiger partial charge in [-0.2, -0.15) is 8.42 Å². The van der Waals surface area contributed by atoms with Crippen molar-refractivity contribution >= 4 is 32.5 Å². The summed E-state index contributed by atoms with van der Waals surface area (Å²) in [5.41, 5.74) is 1.08. The molecule has 0 bridgehead atoms. The molecular weight excluding hydrogens is 290 g/mol. The van der Waals surface area contributed by atoms with Crippen LogP contribution in [0.1, 0.15) is 19.4 Å². The van der Waals surface area contributed by atoms with Gasteiger partial charge in [0.1, 0.15) is 4.90 Å². The van der Waals surface area contributed by atoms with Gasteiger partial charge in [0.15, 0.2) is 0 Å². The summed E-state index contributed by atoms with van der Waals surface area (Å²) in [4.78, 5) is 11.7. The van der Waals surface area contributed by atoms with Crippen LogP contribution in [0.4, 0.5) is 5.69 Å². The van der Waals surface area contributed by atoms with Gasteiger partial charge >= 0.3 is 0 Å². The van der Waals surface area contributed by atoms with Gasteiger partial charge in [-0.05, 0) is 30.0 Å². The zero-order valence-electron chi connectivity index (χ0n) is 12.0. The molecule has 0 aliphatic heterocycles. The molecule has 0 atom stereocenters. The van der Waals surface area contributed by atoms with E-state index in [2.05, 4.69) is 5.32 Å². The Morgan fingerprint density at radius 1 is 1.24 bits per heavy atom. The highest BCUT2D eigenvalue weighted by molar-refractivity contribution is 7.86. The van der Waals surface area contributed by atoms with E-state index in [1.54, 1.807) is 45.0 Å². The van der Waals surface area contributed by atoms with E-state index in [-0.39, 0.29) is 16.7 Å². The topological polar surface area (TPSA) is 83.5 Å². The smallest absolute Gasteiger partial charge is 0.295 e. The highest BCUT2D eigenvalue weighted by Gasteiger charge is 2.19. The van der Waals surface area contributed by atoms with Crippen molar-refractivity contribution in [2.75, 3.05) is 5.32 Å². The number of benzene rings is 2. The number of fused-ring (bicyclic) bond motifs is 1. The van der Waals surface area contributed by atoms with Crippen LogP contribution in [0.5, 0.6) is 0 Å². The van der Waals surface area contributed by atoms with Crippen LogP contribution >= 0.6 is 0 Å². The number of hydrogen-bond donors (Lipinski definition) is 2. The van der Waals surface area contributed by atoms with Gasteiger partial charge in [-0.15, -0.1) is 0 Å². The van der Waals surface area contributed by atoms with Crippen molar-refractivity contribution in [3.63, 3.8) is 0 Å². The molecule has 0 saturated heterocycles. The van der Waals surface area contributed by atoms with E-state index in [0.717, 1.165) is 0 Å². The number of rotatable bonds is 3. The second-order valence-corrected chi connectivity index (χ2v) is 6.68. The molecule has 0 fully saturated rings. The fourth-order valence-electron chi connectivity index (χ4n) is 2.12. The van der Waals surface area contributed by atoms with E-state index in [4.69, 9.17) is 0 Å². The third-order valence-corrected chi connectivity index (χ3v) is 4.02. The lowest BCUT2D eigenvalue weighted by atomic mass is 10.1. The Kier molecular flexibility index (Phi) is 4.02. The monoisotopic (exact) mass is 307 g/mol. The molecule has 2 rings (SSSR count). The molecular formula is C15H17NO4S. The normalized spacial score (nSPS) is 11.9. The molecule has 0 heterocycles. The van der Waals surface area contributed by atoms with E-state index >= 15 is 0 Å². The molecule has 6 heteroatoms. The van der Waals surface area contributed by atoms with Crippen LogP contribution in [-0.2, 0) is 14.9 Å². The summed E-state index contributed by atoms with van der Waals surface area (Å²) in [6.45, 7) is 5.23. The Bertz CT molecular complexity index is 810. The van der Waals surface area contributed by atoms with Crippen LogP contribution in [0.25, 0.3) is 10.8 Å². The minimum absolute atomic E-state index is 0.197. The van der Waals surface area contributed by atoms with E-state index < -0.39 is 10.1 Å². The second kappa shape index (κ2) is 5.46. The van der Waals surface area contributed by atoms with Gasteiger partial charge in [0.05, 0.1) is 0 Å². The Hall–Kier alpha value is -1.92. The Balaban J connectivity index is 2.76. The van der Waals surface area contributed by atoms with Crippen LogP contribution < -0.4 is 5.32 Å². The standard InChI is InChI=1S/C15H17NO4S/c1-9(2)15(17)16-12-6-4-5-11-7-10(3)8-13(14(11)12)21(18,19)20/h4-9H,1-3H3,(H,16,17)(H,18,19,20). The lowest BCUT2D eigenvalue weighted by Gasteiger charge is -2.13. The molecule has 0 aliphatic rings. The van der Waals surface area contributed by atoms with Gasteiger partial charge in [-0.3, -0.25) is 9.35 Å². The highest BCUT2D eigenvalue weighted by Crippen LogP contribution is 2.31. The molecule has 0 aliphatic carbocycles. The zero-order valence-corrected chi connectivity index (χ0v) is 12.9. The van der Waals surface area contributed by atoms with Gasteiger partial charge in [-0.25, -0.2) is 0 Å². The van der Waals surface area contributed by atoms with Crippen LogP contribution in [0.2, 0.25) is 0 Å². The van der Waals surface area contributed by atoms with Crippen LogP contribution in [0, 0.1) is 12.8 Å². The van der Waals surface area contributed by atoms with Crippen molar-refractivity contribution in [3.8, 4) is 0 Å². The molecule has 21 heavy (non-hydrogen) atoms. The fourth-order valence-corrected chi connectivity index (χ4v) is 2.94. The Labute approximate surface area is 123 Å². The SMILES string of the molecule is Cc1cc(S(=O)(=O)O)c2c(NC(=O)C(C)C)cccc2c1. The van der Waals surface area contributed by atoms with Crippen LogP contribution in [-0.4, -0.2) is 18.9 Å². The van der Waals surface area contributed by atoms with Crippen molar-refractivity contribution < 1.29 is 17.8 Å². The van der Waals surface area contributed by atoms with Crippen molar-refractivity contribution in [2.45, 2.75) is 25.7 Å². The fraction of sp³-hybridized carbons (Fsp3) is 0.267. The first-order chi connectivity index (χ1) is 9.70. The van der Waals surface area contributed by atoms with Gasteiger partial charge in [0, 0.05) is 17.0 Å². The van der Waals surface area contributed by atoms with E-state index in [1.807, 2.05) is 0 Å². The Morgan fingerprint density at radius 3 is 2.48 bits per heavy atom. The first kappa shape index (κ1) is 15.5. The van der Waals surface area contributed by atoms with Crippen molar-refractivity contribution in [3.05, 3.63) is 35.9 Å². The Morgan fingerprint density at radius 2 is 1.90 bits per heavy atom. The maximum Gasteiger partial charge on any atom is 0.295 e. The van der Waals surface area contributed by atoms with Gasteiger partial charge < -0.3 is 5.32 Å². The molecule has 112 valence electrons. The average molecular weight is 307 g/mol. The molecule has 2 N–H and O–H groups in total.